The van der Waals surface area contributed by atoms with Gasteiger partial charge in [0.15, 0.2) is 0 Å². The number of aryl methyl sites for hydroxylation is 1. The highest BCUT2D eigenvalue weighted by molar-refractivity contribution is 7.89. The standard InChI is InChI=1S/C16H22N2O5S/c1-4-16(15(20)21)8-5-9-18(16)24(22,23)13-7-6-11(2)14(10-13)17-12(3)19/h6-7,10H,4-5,8-9H2,1-3H3,(H,17,19)(H,20,21). The van der Waals surface area contributed by atoms with E-state index >= 15 is 0 Å². The average molecular weight is 354 g/mol. The second-order valence-corrected chi connectivity index (χ2v) is 7.89. The van der Waals surface area contributed by atoms with Crippen molar-refractivity contribution in [1.82, 2.24) is 4.31 Å². The topological polar surface area (TPSA) is 104 Å². The molecule has 1 amide bonds. The van der Waals surface area contributed by atoms with Crippen molar-refractivity contribution in [2.24, 2.45) is 0 Å². The average Bonchev–Trinajstić information content (AvgIpc) is 2.95. The third kappa shape index (κ3) is 3.03. The third-order valence-corrected chi connectivity index (χ3v) is 6.48. The number of rotatable bonds is 5. The van der Waals surface area contributed by atoms with Crippen LogP contribution in [-0.4, -0.2) is 41.8 Å². The molecule has 1 aliphatic rings. The summed E-state index contributed by atoms with van der Waals surface area (Å²) < 4.78 is 27.1. The Balaban J connectivity index is 2.51. The summed E-state index contributed by atoms with van der Waals surface area (Å²) in [6, 6.07) is 4.42. The van der Waals surface area contributed by atoms with Gasteiger partial charge >= 0.3 is 5.97 Å². The molecule has 1 aromatic carbocycles. The number of sulfonamides is 1. The molecule has 24 heavy (non-hydrogen) atoms. The second-order valence-electron chi connectivity index (χ2n) is 6.03. The van der Waals surface area contributed by atoms with E-state index in [1.807, 2.05) is 0 Å². The maximum Gasteiger partial charge on any atom is 0.325 e. The lowest BCUT2D eigenvalue weighted by atomic mass is 9.95. The van der Waals surface area contributed by atoms with Gasteiger partial charge in [-0.1, -0.05) is 13.0 Å². The lowest BCUT2D eigenvalue weighted by molar-refractivity contribution is -0.147. The summed E-state index contributed by atoms with van der Waals surface area (Å²) in [6.07, 6.45) is 0.998. The Kier molecular flexibility index (Phi) is 5.00. The summed E-state index contributed by atoms with van der Waals surface area (Å²) >= 11 is 0. The number of nitrogens with one attached hydrogen (secondary N) is 1. The van der Waals surface area contributed by atoms with Crippen molar-refractivity contribution in [3.63, 3.8) is 0 Å². The number of nitrogens with zero attached hydrogens (tertiary/aromatic N) is 1. The molecule has 0 aliphatic carbocycles. The molecule has 1 atom stereocenters. The van der Waals surface area contributed by atoms with Gasteiger partial charge < -0.3 is 10.4 Å². The number of hydrogen-bond donors (Lipinski definition) is 2. The minimum Gasteiger partial charge on any atom is -0.480 e. The van der Waals surface area contributed by atoms with E-state index in [-0.39, 0.29) is 23.8 Å². The van der Waals surface area contributed by atoms with Crippen LogP contribution >= 0.6 is 0 Å². The molecule has 1 unspecified atom stereocenters. The summed E-state index contributed by atoms with van der Waals surface area (Å²) in [4.78, 5) is 23.0. The lowest BCUT2D eigenvalue weighted by Gasteiger charge is -2.33. The van der Waals surface area contributed by atoms with E-state index in [0.717, 1.165) is 9.87 Å². The summed E-state index contributed by atoms with van der Waals surface area (Å²) in [5.74, 6) is -1.43. The van der Waals surface area contributed by atoms with E-state index < -0.39 is 21.5 Å². The first-order valence-corrected chi connectivity index (χ1v) is 9.23. The maximum atomic E-state index is 13.0. The molecule has 1 aromatic rings. The van der Waals surface area contributed by atoms with Crippen LogP contribution in [0.25, 0.3) is 0 Å². The monoisotopic (exact) mass is 354 g/mol. The van der Waals surface area contributed by atoms with Crippen LogP contribution in [0, 0.1) is 6.92 Å². The summed E-state index contributed by atoms with van der Waals surface area (Å²) in [5, 5.41) is 12.2. The maximum absolute atomic E-state index is 13.0. The van der Waals surface area contributed by atoms with Crippen LogP contribution in [0.3, 0.4) is 0 Å². The minimum absolute atomic E-state index is 0.0159. The van der Waals surface area contributed by atoms with Gasteiger partial charge in [0, 0.05) is 19.2 Å². The quantitative estimate of drug-likeness (QED) is 0.841. The van der Waals surface area contributed by atoms with Crippen molar-refractivity contribution >= 4 is 27.6 Å². The predicted molar refractivity (Wildman–Crippen MR) is 89.3 cm³/mol. The van der Waals surface area contributed by atoms with Crippen molar-refractivity contribution in [3.8, 4) is 0 Å². The number of carboxylic acids is 1. The molecule has 0 radical (unpaired) electrons. The number of carboxylic acid groups (broad SMARTS) is 1. The molecule has 2 N–H and O–H groups in total. The molecule has 1 fully saturated rings. The van der Waals surface area contributed by atoms with Crippen LogP contribution < -0.4 is 5.32 Å². The highest BCUT2D eigenvalue weighted by Crippen LogP contribution is 2.38. The van der Waals surface area contributed by atoms with E-state index in [9.17, 15) is 23.1 Å². The molecular formula is C16H22N2O5S. The molecule has 1 heterocycles. The van der Waals surface area contributed by atoms with Gasteiger partial charge in [0.25, 0.3) is 0 Å². The van der Waals surface area contributed by atoms with Crippen LogP contribution in [0.5, 0.6) is 0 Å². The van der Waals surface area contributed by atoms with Gasteiger partial charge in [-0.2, -0.15) is 4.31 Å². The number of hydrogen-bond acceptors (Lipinski definition) is 4. The van der Waals surface area contributed by atoms with E-state index in [1.54, 1.807) is 19.9 Å². The molecule has 0 bridgehead atoms. The zero-order valence-corrected chi connectivity index (χ0v) is 14.8. The van der Waals surface area contributed by atoms with Gasteiger partial charge in [0.2, 0.25) is 15.9 Å². The summed E-state index contributed by atoms with van der Waals surface area (Å²) in [6.45, 7) is 4.95. The largest absolute Gasteiger partial charge is 0.480 e. The summed E-state index contributed by atoms with van der Waals surface area (Å²) in [5.41, 5.74) is -0.275. The zero-order chi connectivity index (χ0) is 18.1. The van der Waals surface area contributed by atoms with Crippen molar-refractivity contribution in [1.29, 1.82) is 0 Å². The number of benzene rings is 1. The van der Waals surface area contributed by atoms with E-state index in [0.29, 0.717) is 18.5 Å². The van der Waals surface area contributed by atoms with Crippen LogP contribution in [0.4, 0.5) is 5.69 Å². The van der Waals surface area contributed by atoms with E-state index in [1.165, 1.54) is 19.1 Å². The zero-order valence-electron chi connectivity index (χ0n) is 14.0. The molecule has 0 spiro atoms. The normalized spacial score (nSPS) is 21.6. The Morgan fingerprint density at radius 2 is 2.04 bits per heavy atom. The van der Waals surface area contributed by atoms with Gasteiger partial charge in [-0.15, -0.1) is 0 Å². The Bertz CT molecular complexity index is 775. The molecule has 7 nitrogen and oxygen atoms in total. The molecular weight excluding hydrogens is 332 g/mol. The first-order valence-electron chi connectivity index (χ1n) is 7.79. The number of carbonyl (C=O) groups excluding carboxylic acids is 1. The van der Waals surface area contributed by atoms with Crippen molar-refractivity contribution in [2.45, 2.75) is 50.5 Å². The third-order valence-electron chi connectivity index (χ3n) is 4.52. The Labute approximate surface area is 141 Å². The van der Waals surface area contributed by atoms with E-state index in [4.69, 9.17) is 0 Å². The van der Waals surface area contributed by atoms with Crippen LogP contribution in [0.15, 0.2) is 23.1 Å². The number of aliphatic carboxylic acids is 1. The van der Waals surface area contributed by atoms with E-state index in [2.05, 4.69) is 5.32 Å². The first-order chi connectivity index (χ1) is 11.1. The fourth-order valence-electron chi connectivity index (χ4n) is 3.14. The first kappa shape index (κ1) is 18.4. The predicted octanol–water partition coefficient (Wildman–Crippen LogP) is 1.97. The van der Waals surface area contributed by atoms with Crippen molar-refractivity contribution < 1.29 is 23.1 Å². The SMILES string of the molecule is CCC1(C(=O)O)CCCN1S(=O)(=O)c1ccc(C)c(NC(C)=O)c1. The van der Waals surface area contributed by atoms with Gasteiger partial charge in [-0.25, -0.2) is 8.42 Å². The van der Waals surface area contributed by atoms with Gasteiger partial charge in [0.05, 0.1) is 4.90 Å². The lowest BCUT2D eigenvalue weighted by Crippen LogP contribution is -2.52. The highest BCUT2D eigenvalue weighted by Gasteiger charge is 2.52. The van der Waals surface area contributed by atoms with Gasteiger partial charge in [-0.05, 0) is 43.9 Å². The van der Waals surface area contributed by atoms with Crippen LogP contribution in [0.2, 0.25) is 0 Å². The van der Waals surface area contributed by atoms with Crippen LogP contribution in [0.1, 0.15) is 38.7 Å². The smallest absolute Gasteiger partial charge is 0.325 e. The molecule has 2 rings (SSSR count). The van der Waals surface area contributed by atoms with Crippen molar-refractivity contribution in [2.75, 3.05) is 11.9 Å². The highest BCUT2D eigenvalue weighted by atomic mass is 32.2. The minimum atomic E-state index is -3.98. The number of amides is 1. The van der Waals surface area contributed by atoms with Crippen molar-refractivity contribution in [3.05, 3.63) is 23.8 Å². The Hall–Kier alpha value is -1.93. The molecule has 0 saturated carbocycles. The molecule has 1 saturated heterocycles. The van der Waals surface area contributed by atoms with Gasteiger partial charge in [-0.3, -0.25) is 9.59 Å². The Morgan fingerprint density at radius 1 is 1.38 bits per heavy atom. The molecule has 0 aromatic heterocycles. The Morgan fingerprint density at radius 3 is 2.58 bits per heavy atom. The second kappa shape index (κ2) is 6.52. The fraction of sp³-hybridized carbons (Fsp3) is 0.500. The van der Waals surface area contributed by atoms with Gasteiger partial charge in [0.1, 0.15) is 5.54 Å². The number of carbonyl (C=O) groups is 2. The van der Waals surface area contributed by atoms with Crippen LogP contribution in [-0.2, 0) is 19.6 Å². The summed E-state index contributed by atoms with van der Waals surface area (Å²) in [7, 11) is -3.98. The number of anilines is 1. The molecule has 1 aliphatic heterocycles. The fourth-order valence-corrected chi connectivity index (χ4v) is 5.02. The molecule has 8 heteroatoms. The molecule has 132 valence electrons.